The molecule has 1 saturated heterocycles. The zero-order chi connectivity index (χ0) is 21.0. The van der Waals surface area contributed by atoms with E-state index in [1.807, 2.05) is 27.7 Å². The Labute approximate surface area is 163 Å². The molecule has 2 atom stereocenters. The molecule has 1 aromatic rings. The van der Waals surface area contributed by atoms with E-state index >= 15 is 0 Å². The maximum absolute atomic E-state index is 13.4. The van der Waals surface area contributed by atoms with Gasteiger partial charge >= 0.3 is 0 Å². The van der Waals surface area contributed by atoms with Gasteiger partial charge in [0.25, 0.3) is 0 Å². The van der Waals surface area contributed by atoms with Crippen LogP contribution < -0.4 is 5.32 Å². The van der Waals surface area contributed by atoms with Crippen molar-refractivity contribution < 1.29 is 22.8 Å². The van der Waals surface area contributed by atoms with E-state index < -0.39 is 29.4 Å². The van der Waals surface area contributed by atoms with Gasteiger partial charge in [0.15, 0.2) is 17.5 Å². The van der Waals surface area contributed by atoms with Gasteiger partial charge in [-0.2, -0.15) is 0 Å². The van der Waals surface area contributed by atoms with Crippen molar-refractivity contribution in [3.05, 3.63) is 41.2 Å². The SMILES string of the molecule is CC(C)C[C@H]1CN(C(=O)C=Cc2cc(F)c(F)c(F)c2)[C@@H](CC(C)C)C(=O)N1. The lowest BCUT2D eigenvalue weighted by Crippen LogP contribution is -2.61. The van der Waals surface area contributed by atoms with Crippen molar-refractivity contribution in [2.24, 2.45) is 11.8 Å². The third kappa shape index (κ3) is 5.59. The first-order valence-corrected chi connectivity index (χ1v) is 9.52. The molecule has 2 amide bonds. The fourth-order valence-corrected chi connectivity index (χ4v) is 3.41. The Morgan fingerprint density at radius 3 is 2.25 bits per heavy atom. The van der Waals surface area contributed by atoms with Crippen LogP contribution in [0.3, 0.4) is 0 Å². The second-order valence-corrected chi connectivity index (χ2v) is 8.10. The van der Waals surface area contributed by atoms with Gasteiger partial charge in [0.2, 0.25) is 11.8 Å². The number of amides is 2. The first-order valence-electron chi connectivity index (χ1n) is 9.52. The van der Waals surface area contributed by atoms with Crippen LogP contribution in [0.2, 0.25) is 0 Å². The molecule has 1 aliphatic heterocycles. The predicted molar refractivity (Wildman–Crippen MR) is 102 cm³/mol. The summed E-state index contributed by atoms with van der Waals surface area (Å²) >= 11 is 0. The number of hydrogen-bond donors (Lipinski definition) is 1. The van der Waals surface area contributed by atoms with Crippen LogP contribution in [0.25, 0.3) is 6.08 Å². The van der Waals surface area contributed by atoms with E-state index in [2.05, 4.69) is 5.32 Å². The number of hydrogen-bond acceptors (Lipinski definition) is 2. The summed E-state index contributed by atoms with van der Waals surface area (Å²) in [7, 11) is 0. The molecule has 4 nitrogen and oxygen atoms in total. The molecule has 0 radical (unpaired) electrons. The Bertz CT molecular complexity index is 739. The zero-order valence-electron chi connectivity index (χ0n) is 16.6. The summed E-state index contributed by atoms with van der Waals surface area (Å²) in [4.78, 5) is 26.9. The Morgan fingerprint density at radius 1 is 1.14 bits per heavy atom. The van der Waals surface area contributed by atoms with Crippen LogP contribution >= 0.6 is 0 Å². The summed E-state index contributed by atoms with van der Waals surface area (Å²) in [5, 5.41) is 2.99. The molecule has 154 valence electrons. The Hall–Kier alpha value is -2.31. The third-order valence-corrected chi connectivity index (χ3v) is 4.60. The highest BCUT2D eigenvalue weighted by atomic mass is 19.2. The number of nitrogens with one attached hydrogen (secondary N) is 1. The van der Waals surface area contributed by atoms with Gasteiger partial charge in [-0.05, 0) is 48.4 Å². The molecule has 2 rings (SSSR count). The van der Waals surface area contributed by atoms with E-state index in [0.717, 1.165) is 18.6 Å². The molecule has 1 heterocycles. The first kappa shape index (κ1) is 22.0. The largest absolute Gasteiger partial charge is 0.350 e. The number of carbonyl (C=O) groups is 2. The summed E-state index contributed by atoms with van der Waals surface area (Å²) in [6, 6.07) is 0.896. The van der Waals surface area contributed by atoms with Crippen molar-refractivity contribution >= 4 is 17.9 Å². The van der Waals surface area contributed by atoms with Crippen LogP contribution in [-0.2, 0) is 9.59 Å². The minimum absolute atomic E-state index is 0.0327. The molecule has 1 fully saturated rings. The van der Waals surface area contributed by atoms with Gasteiger partial charge in [-0.15, -0.1) is 0 Å². The molecule has 0 saturated carbocycles. The number of carbonyl (C=O) groups excluding carboxylic acids is 2. The molecule has 0 aliphatic carbocycles. The molecule has 1 aliphatic rings. The van der Waals surface area contributed by atoms with Crippen LogP contribution in [0.15, 0.2) is 18.2 Å². The topological polar surface area (TPSA) is 49.4 Å². The van der Waals surface area contributed by atoms with E-state index in [9.17, 15) is 22.8 Å². The third-order valence-electron chi connectivity index (χ3n) is 4.60. The minimum Gasteiger partial charge on any atom is -0.350 e. The number of halogens is 3. The molecule has 0 unspecified atom stereocenters. The summed E-state index contributed by atoms with van der Waals surface area (Å²) in [5.41, 5.74) is 0.0327. The highest BCUT2D eigenvalue weighted by molar-refractivity contribution is 5.96. The molecule has 7 heteroatoms. The Morgan fingerprint density at radius 2 is 1.71 bits per heavy atom. The summed E-state index contributed by atoms with van der Waals surface area (Å²) in [6.45, 7) is 8.38. The van der Waals surface area contributed by atoms with Crippen LogP contribution in [0.4, 0.5) is 13.2 Å². The van der Waals surface area contributed by atoms with Crippen LogP contribution in [0, 0.1) is 29.3 Å². The average Bonchev–Trinajstić information content (AvgIpc) is 2.58. The second-order valence-electron chi connectivity index (χ2n) is 8.10. The van der Waals surface area contributed by atoms with E-state index in [1.54, 1.807) is 0 Å². The van der Waals surface area contributed by atoms with Gasteiger partial charge in [-0.25, -0.2) is 13.2 Å². The molecule has 1 N–H and O–H groups in total. The van der Waals surface area contributed by atoms with Gasteiger partial charge in [0.1, 0.15) is 6.04 Å². The standard InChI is InChI=1S/C21H27F3N2O2/c1-12(2)7-15-11-26(18(8-13(3)4)21(28)25-15)19(27)6-5-14-9-16(22)20(24)17(23)10-14/h5-6,9-10,12-13,15,18H,7-8,11H2,1-4H3,(H,25,28)/t15-,18-/m0/s1. The maximum Gasteiger partial charge on any atom is 0.247 e. The Balaban J connectivity index is 2.23. The molecular weight excluding hydrogens is 369 g/mol. The van der Waals surface area contributed by atoms with Crippen molar-refractivity contribution in [3.8, 4) is 0 Å². The normalized spacial score (nSPS) is 20.3. The zero-order valence-corrected chi connectivity index (χ0v) is 16.6. The van der Waals surface area contributed by atoms with Gasteiger partial charge in [-0.3, -0.25) is 9.59 Å². The van der Waals surface area contributed by atoms with Crippen molar-refractivity contribution in [2.75, 3.05) is 6.54 Å². The van der Waals surface area contributed by atoms with Crippen LogP contribution in [0.5, 0.6) is 0 Å². The van der Waals surface area contributed by atoms with E-state index in [0.29, 0.717) is 18.9 Å². The lowest BCUT2D eigenvalue weighted by atomic mass is 9.95. The number of nitrogens with zero attached hydrogens (tertiary/aromatic N) is 1. The lowest BCUT2D eigenvalue weighted by Gasteiger charge is -2.40. The summed E-state index contributed by atoms with van der Waals surface area (Å²) in [6.07, 6.45) is 3.65. The first-order chi connectivity index (χ1) is 13.1. The predicted octanol–water partition coefficient (Wildman–Crippen LogP) is 3.90. The number of rotatable bonds is 6. The van der Waals surface area contributed by atoms with E-state index in [-0.39, 0.29) is 23.4 Å². The van der Waals surface area contributed by atoms with E-state index in [4.69, 9.17) is 0 Å². The molecule has 0 aromatic heterocycles. The molecule has 1 aromatic carbocycles. The van der Waals surface area contributed by atoms with Crippen molar-refractivity contribution in [2.45, 2.75) is 52.6 Å². The van der Waals surface area contributed by atoms with Gasteiger partial charge in [0, 0.05) is 18.7 Å². The van der Waals surface area contributed by atoms with Crippen LogP contribution in [-0.4, -0.2) is 35.3 Å². The number of piperazine rings is 1. The van der Waals surface area contributed by atoms with Gasteiger partial charge in [-0.1, -0.05) is 27.7 Å². The second kappa shape index (κ2) is 9.26. The lowest BCUT2D eigenvalue weighted by molar-refractivity contribution is -0.142. The maximum atomic E-state index is 13.4. The van der Waals surface area contributed by atoms with Gasteiger partial charge < -0.3 is 10.2 Å². The smallest absolute Gasteiger partial charge is 0.247 e. The molecule has 28 heavy (non-hydrogen) atoms. The fraction of sp³-hybridized carbons (Fsp3) is 0.524. The quantitative estimate of drug-likeness (QED) is 0.586. The molecule has 0 bridgehead atoms. The molecular formula is C21H27F3N2O2. The fourth-order valence-electron chi connectivity index (χ4n) is 3.41. The minimum atomic E-state index is -1.55. The van der Waals surface area contributed by atoms with Crippen LogP contribution in [0.1, 0.15) is 46.1 Å². The van der Waals surface area contributed by atoms with Crippen molar-refractivity contribution in [1.82, 2.24) is 10.2 Å². The average molecular weight is 396 g/mol. The highest BCUT2D eigenvalue weighted by Crippen LogP contribution is 2.21. The molecule has 0 spiro atoms. The summed E-state index contributed by atoms with van der Waals surface area (Å²) in [5.74, 6) is -4.24. The number of benzene rings is 1. The highest BCUT2D eigenvalue weighted by Gasteiger charge is 2.36. The monoisotopic (exact) mass is 396 g/mol. The van der Waals surface area contributed by atoms with E-state index in [1.165, 1.54) is 17.1 Å². The van der Waals surface area contributed by atoms with Gasteiger partial charge in [0.05, 0.1) is 0 Å². The van der Waals surface area contributed by atoms with Crippen molar-refractivity contribution in [1.29, 1.82) is 0 Å². The van der Waals surface area contributed by atoms with Crippen molar-refractivity contribution in [3.63, 3.8) is 0 Å². The Kier molecular flexibility index (Phi) is 7.27. The summed E-state index contributed by atoms with van der Waals surface area (Å²) < 4.78 is 39.8.